The van der Waals surface area contributed by atoms with Gasteiger partial charge in [-0.15, -0.1) is 0 Å². The lowest BCUT2D eigenvalue weighted by Gasteiger charge is -2.12. The molecule has 10 heteroatoms. The lowest BCUT2D eigenvalue weighted by atomic mass is 10.1. The van der Waals surface area contributed by atoms with Gasteiger partial charge in [-0.3, -0.25) is 14.6 Å². The first-order valence-electron chi connectivity index (χ1n) is 11.2. The van der Waals surface area contributed by atoms with Gasteiger partial charge < -0.3 is 23.9 Å². The second kappa shape index (κ2) is 10.9. The van der Waals surface area contributed by atoms with Crippen LogP contribution in [0.2, 0.25) is 0 Å². The fraction of sp³-hybridized carbons (Fsp3) is 0.185. The molecular weight excluding hydrogens is 481 g/mol. The van der Waals surface area contributed by atoms with E-state index in [4.69, 9.17) is 18.6 Å². The van der Waals surface area contributed by atoms with E-state index >= 15 is 0 Å². The Morgan fingerprint density at radius 3 is 2.59 bits per heavy atom. The summed E-state index contributed by atoms with van der Waals surface area (Å²) in [7, 11) is 3.01. The third kappa shape index (κ3) is 5.58. The number of hydrogen-bond donors (Lipinski definition) is 1. The molecule has 4 aromatic rings. The van der Waals surface area contributed by atoms with Crippen molar-refractivity contribution in [3.63, 3.8) is 0 Å². The quantitative estimate of drug-likeness (QED) is 0.358. The zero-order chi connectivity index (χ0) is 26.5. The number of aromatic nitrogens is 1. The highest BCUT2D eigenvalue weighted by atomic mass is 19.1. The summed E-state index contributed by atoms with van der Waals surface area (Å²) in [6, 6.07) is 12.3. The summed E-state index contributed by atoms with van der Waals surface area (Å²) in [6.07, 6.45) is 1.54. The lowest BCUT2D eigenvalue weighted by Crippen LogP contribution is -2.22. The number of amides is 1. The molecule has 0 aliphatic rings. The monoisotopic (exact) mass is 505 g/mol. The summed E-state index contributed by atoms with van der Waals surface area (Å²) < 4.78 is 36.2. The number of ether oxygens (including phenoxy) is 3. The first kappa shape index (κ1) is 25.4. The number of nitrogens with zero attached hydrogens (tertiary/aromatic N) is 2. The number of aryl methyl sites for hydroxylation is 1. The maximum absolute atomic E-state index is 14.3. The van der Waals surface area contributed by atoms with Gasteiger partial charge >= 0.3 is 5.97 Å². The maximum Gasteiger partial charge on any atom is 0.302 e. The van der Waals surface area contributed by atoms with Crippen LogP contribution in [0, 0.1) is 12.7 Å². The largest absolute Gasteiger partial charge is 0.497 e. The molecule has 4 rings (SSSR count). The van der Waals surface area contributed by atoms with Crippen LogP contribution in [-0.4, -0.2) is 31.1 Å². The molecule has 0 radical (unpaired) electrons. The summed E-state index contributed by atoms with van der Waals surface area (Å²) in [5.41, 5.74) is 1.72. The van der Waals surface area contributed by atoms with Gasteiger partial charge in [-0.1, -0.05) is 12.1 Å². The number of para-hydroxylation sites is 1. The molecule has 190 valence electrons. The van der Waals surface area contributed by atoms with Crippen molar-refractivity contribution >= 4 is 34.2 Å². The van der Waals surface area contributed by atoms with Gasteiger partial charge in [0.25, 0.3) is 5.91 Å². The average molecular weight is 506 g/mol. The van der Waals surface area contributed by atoms with Gasteiger partial charge in [-0.25, -0.2) is 9.38 Å². The molecule has 2 heterocycles. The number of halogens is 1. The van der Waals surface area contributed by atoms with Crippen molar-refractivity contribution in [2.75, 3.05) is 19.5 Å². The number of hydrogen-bond acceptors (Lipinski definition) is 8. The van der Waals surface area contributed by atoms with E-state index in [-0.39, 0.29) is 23.4 Å². The molecule has 37 heavy (non-hydrogen) atoms. The van der Waals surface area contributed by atoms with Crippen LogP contribution in [0.4, 0.5) is 15.8 Å². The first-order chi connectivity index (χ1) is 17.8. The smallest absolute Gasteiger partial charge is 0.302 e. The Morgan fingerprint density at radius 2 is 1.89 bits per heavy atom. The fourth-order valence-electron chi connectivity index (χ4n) is 3.57. The van der Waals surface area contributed by atoms with Crippen LogP contribution in [0.1, 0.15) is 28.5 Å². The van der Waals surface area contributed by atoms with Crippen molar-refractivity contribution < 1.29 is 32.6 Å². The second-order valence-corrected chi connectivity index (χ2v) is 7.94. The zero-order valence-corrected chi connectivity index (χ0v) is 20.6. The Bertz CT molecular complexity index is 1560. The SMILES string of the molecule is COc1ccc(N=c2oc3c(C)ncc(COC(C)=O)c3cc2C(=O)Nc2ccccc2F)c(OC)c1. The van der Waals surface area contributed by atoms with Crippen molar-refractivity contribution in [2.24, 2.45) is 4.99 Å². The molecule has 0 unspecified atom stereocenters. The Kier molecular flexibility index (Phi) is 7.47. The summed E-state index contributed by atoms with van der Waals surface area (Å²) in [5, 5.41) is 3.06. The number of carbonyl (C=O) groups excluding carboxylic acids is 2. The van der Waals surface area contributed by atoms with Crippen LogP contribution in [0.15, 0.2) is 64.1 Å². The highest BCUT2D eigenvalue weighted by Crippen LogP contribution is 2.31. The number of nitrogens with one attached hydrogen (secondary N) is 1. The van der Waals surface area contributed by atoms with Crippen molar-refractivity contribution in [2.45, 2.75) is 20.5 Å². The molecule has 0 saturated carbocycles. The summed E-state index contributed by atoms with van der Waals surface area (Å²) in [4.78, 5) is 33.7. The number of carbonyl (C=O) groups is 2. The van der Waals surface area contributed by atoms with Crippen LogP contribution in [0.25, 0.3) is 11.0 Å². The van der Waals surface area contributed by atoms with Crippen LogP contribution in [-0.2, 0) is 16.1 Å². The number of fused-ring (bicyclic) bond motifs is 1. The van der Waals surface area contributed by atoms with E-state index in [1.54, 1.807) is 37.3 Å². The van der Waals surface area contributed by atoms with Gasteiger partial charge in [0.05, 0.1) is 25.6 Å². The van der Waals surface area contributed by atoms with E-state index in [0.29, 0.717) is 39.4 Å². The molecule has 0 aliphatic carbocycles. The molecule has 0 saturated heterocycles. The van der Waals surface area contributed by atoms with E-state index in [9.17, 15) is 14.0 Å². The summed E-state index contributed by atoms with van der Waals surface area (Å²) in [6.45, 7) is 2.95. The van der Waals surface area contributed by atoms with E-state index < -0.39 is 17.7 Å². The molecule has 2 aromatic heterocycles. The van der Waals surface area contributed by atoms with E-state index in [0.717, 1.165) is 0 Å². The van der Waals surface area contributed by atoms with Crippen LogP contribution < -0.4 is 20.3 Å². The van der Waals surface area contributed by atoms with E-state index in [1.807, 2.05) is 0 Å². The number of anilines is 1. The molecule has 0 bridgehead atoms. The van der Waals surface area contributed by atoms with E-state index in [1.165, 1.54) is 45.5 Å². The Labute approximate surface area is 211 Å². The molecule has 0 aliphatic heterocycles. The third-order valence-corrected chi connectivity index (χ3v) is 5.46. The first-order valence-corrected chi connectivity index (χ1v) is 11.2. The standard InChI is InChI=1S/C27H24FN3O6/c1-15-25-19(17(13-29-15)14-36-16(2)32)12-20(26(33)30-22-8-6-5-7-21(22)28)27(37-25)31-23-10-9-18(34-3)11-24(23)35-4/h5-13H,14H2,1-4H3,(H,30,33). The number of esters is 1. The van der Waals surface area contributed by atoms with Crippen LogP contribution in [0.3, 0.4) is 0 Å². The number of methoxy groups -OCH3 is 2. The predicted molar refractivity (Wildman–Crippen MR) is 133 cm³/mol. The minimum Gasteiger partial charge on any atom is -0.497 e. The van der Waals surface area contributed by atoms with Gasteiger partial charge in [0.15, 0.2) is 5.58 Å². The van der Waals surface area contributed by atoms with Crippen molar-refractivity contribution in [1.29, 1.82) is 0 Å². The van der Waals surface area contributed by atoms with Crippen molar-refractivity contribution in [3.8, 4) is 11.5 Å². The van der Waals surface area contributed by atoms with Crippen LogP contribution >= 0.6 is 0 Å². The average Bonchev–Trinajstić information content (AvgIpc) is 2.89. The molecule has 0 fully saturated rings. The van der Waals surface area contributed by atoms with E-state index in [2.05, 4.69) is 15.3 Å². The molecule has 0 atom stereocenters. The Hall–Kier alpha value is -4.73. The Balaban J connectivity index is 1.95. The molecule has 2 aromatic carbocycles. The van der Waals surface area contributed by atoms with Crippen molar-refractivity contribution in [3.05, 3.63) is 82.9 Å². The minimum atomic E-state index is -0.658. The molecule has 0 spiro atoms. The molecular formula is C27H24FN3O6. The summed E-state index contributed by atoms with van der Waals surface area (Å²) in [5.74, 6) is -0.789. The number of rotatable bonds is 7. The normalized spacial score (nSPS) is 11.3. The van der Waals surface area contributed by atoms with Gasteiger partial charge in [0, 0.05) is 30.1 Å². The maximum atomic E-state index is 14.3. The fourth-order valence-corrected chi connectivity index (χ4v) is 3.57. The molecule has 9 nitrogen and oxygen atoms in total. The Morgan fingerprint density at radius 1 is 1.11 bits per heavy atom. The zero-order valence-electron chi connectivity index (χ0n) is 20.6. The van der Waals surface area contributed by atoms with Gasteiger partial charge in [-0.2, -0.15) is 0 Å². The lowest BCUT2D eigenvalue weighted by molar-refractivity contribution is -0.142. The highest BCUT2D eigenvalue weighted by molar-refractivity contribution is 6.05. The summed E-state index contributed by atoms with van der Waals surface area (Å²) >= 11 is 0. The third-order valence-electron chi connectivity index (χ3n) is 5.46. The predicted octanol–water partition coefficient (Wildman–Crippen LogP) is 4.84. The molecule has 1 N–H and O–H groups in total. The second-order valence-electron chi connectivity index (χ2n) is 7.94. The van der Waals surface area contributed by atoms with Crippen molar-refractivity contribution in [1.82, 2.24) is 4.98 Å². The van der Waals surface area contributed by atoms with Gasteiger partial charge in [-0.05, 0) is 37.3 Å². The molecule has 1 amide bonds. The van der Waals surface area contributed by atoms with Gasteiger partial charge in [0.2, 0.25) is 5.55 Å². The highest BCUT2D eigenvalue weighted by Gasteiger charge is 2.19. The van der Waals surface area contributed by atoms with Gasteiger partial charge in [0.1, 0.15) is 35.2 Å². The number of pyridine rings is 1. The number of benzene rings is 2. The topological polar surface area (TPSA) is 112 Å². The van der Waals surface area contributed by atoms with Crippen LogP contribution in [0.5, 0.6) is 11.5 Å². The minimum absolute atomic E-state index is 0.00776.